The molecule has 0 unspecified atom stereocenters. The zero-order valence-electron chi connectivity index (χ0n) is 15.8. The lowest BCUT2D eigenvalue weighted by molar-refractivity contribution is -0.385. The van der Waals surface area contributed by atoms with E-state index in [1.54, 1.807) is 18.2 Å². The van der Waals surface area contributed by atoms with Crippen LogP contribution < -0.4 is 10.3 Å². The van der Waals surface area contributed by atoms with Crippen LogP contribution in [0, 0.1) is 10.1 Å². The van der Waals surface area contributed by atoms with Crippen LogP contribution in [0.3, 0.4) is 0 Å². The molecule has 2 aromatic carbocycles. The Hall–Kier alpha value is -3.11. The topological polar surface area (TPSA) is 117 Å². The van der Waals surface area contributed by atoms with Gasteiger partial charge < -0.3 is 4.74 Å². The molecule has 0 saturated carbocycles. The van der Waals surface area contributed by atoms with Crippen molar-refractivity contribution in [3.63, 3.8) is 0 Å². The van der Waals surface area contributed by atoms with E-state index in [9.17, 15) is 19.7 Å². The Bertz CT molecular complexity index is 1270. The molecule has 3 rings (SSSR count). The van der Waals surface area contributed by atoms with Gasteiger partial charge in [-0.25, -0.2) is 4.98 Å². The van der Waals surface area contributed by atoms with Gasteiger partial charge in [-0.05, 0) is 24.3 Å². The lowest BCUT2D eigenvalue weighted by Gasteiger charge is -2.08. The fraction of sp³-hybridized carbons (Fsp3) is 0.158. The summed E-state index contributed by atoms with van der Waals surface area (Å²) in [5.74, 6) is -0.674. The van der Waals surface area contributed by atoms with E-state index in [0.29, 0.717) is 23.1 Å². The Morgan fingerprint density at radius 3 is 2.77 bits per heavy atom. The molecular formula is C19H14BrClN4O5. The maximum absolute atomic E-state index is 12.9. The lowest BCUT2D eigenvalue weighted by Crippen LogP contribution is -2.22. The van der Waals surface area contributed by atoms with Crippen molar-refractivity contribution >= 4 is 56.3 Å². The van der Waals surface area contributed by atoms with Gasteiger partial charge in [0.05, 0.1) is 27.1 Å². The second-order valence-electron chi connectivity index (χ2n) is 6.11. The number of halogens is 2. The number of fused-ring (bicyclic) bond motifs is 1. The number of aryl methyl sites for hydroxylation is 1. The standard InChI is InChI=1S/C19H14BrClN4O5/c1-3-17-23-15-5-4-12(20)8-13(15)19(27)24(17)22-9-11-6-14(21)18(30-10(2)26)16(7-11)25(28)29/h4-9H,3H2,1-2H3. The Balaban J connectivity index is 2.12. The molecule has 0 N–H and O–H groups in total. The number of nitro groups is 1. The third kappa shape index (κ3) is 4.39. The summed E-state index contributed by atoms with van der Waals surface area (Å²) in [4.78, 5) is 39.2. The molecule has 0 aliphatic heterocycles. The van der Waals surface area contributed by atoms with Crippen LogP contribution in [0.5, 0.6) is 5.75 Å². The fourth-order valence-electron chi connectivity index (χ4n) is 2.72. The van der Waals surface area contributed by atoms with Gasteiger partial charge in [0.15, 0.2) is 0 Å². The van der Waals surface area contributed by atoms with Crippen molar-refractivity contribution in [2.24, 2.45) is 5.10 Å². The van der Waals surface area contributed by atoms with Crippen LogP contribution in [-0.4, -0.2) is 26.8 Å². The molecule has 0 radical (unpaired) electrons. The molecule has 1 aromatic heterocycles. The van der Waals surface area contributed by atoms with Crippen LogP contribution >= 0.6 is 27.5 Å². The number of esters is 1. The van der Waals surface area contributed by atoms with Crippen molar-refractivity contribution in [3.8, 4) is 5.75 Å². The highest BCUT2D eigenvalue weighted by molar-refractivity contribution is 9.10. The van der Waals surface area contributed by atoms with Gasteiger partial charge in [-0.1, -0.05) is 34.5 Å². The number of aromatic nitrogens is 2. The van der Waals surface area contributed by atoms with Gasteiger partial charge in [-0.2, -0.15) is 9.78 Å². The van der Waals surface area contributed by atoms with E-state index in [0.717, 1.165) is 22.1 Å². The van der Waals surface area contributed by atoms with Crippen molar-refractivity contribution in [1.82, 2.24) is 9.66 Å². The van der Waals surface area contributed by atoms with Crippen LogP contribution in [0.2, 0.25) is 5.02 Å². The van der Waals surface area contributed by atoms with Crippen molar-refractivity contribution in [2.75, 3.05) is 0 Å². The number of benzene rings is 2. The average Bonchev–Trinajstić information content (AvgIpc) is 2.68. The Morgan fingerprint density at radius 2 is 2.13 bits per heavy atom. The molecule has 30 heavy (non-hydrogen) atoms. The van der Waals surface area contributed by atoms with E-state index in [1.165, 1.54) is 12.3 Å². The van der Waals surface area contributed by atoms with Gasteiger partial charge in [-0.3, -0.25) is 19.7 Å². The second kappa shape index (κ2) is 8.72. The molecule has 0 atom stereocenters. The molecule has 0 saturated heterocycles. The quantitative estimate of drug-likeness (QED) is 0.174. The molecule has 0 bridgehead atoms. The zero-order chi connectivity index (χ0) is 22.0. The summed E-state index contributed by atoms with van der Waals surface area (Å²) < 4.78 is 6.70. The first kappa shape index (κ1) is 21.6. The molecule has 0 amide bonds. The normalized spacial score (nSPS) is 11.2. The SMILES string of the molecule is CCc1nc2ccc(Br)cc2c(=O)n1N=Cc1cc(Cl)c(OC(C)=O)c([N+](=O)[O-])c1. The van der Waals surface area contributed by atoms with Crippen LogP contribution in [0.1, 0.15) is 25.2 Å². The highest BCUT2D eigenvalue weighted by Crippen LogP contribution is 2.36. The number of rotatable bonds is 5. The smallest absolute Gasteiger partial charge is 0.313 e. The first-order valence-electron chi connectivity index (χ1n) is 8.63. The molecule has 1 heterocycles. The van der Waals surface area contributed by atoms with Gasteiger partial charge in [-0.15, -0.1) is 0 Å². The predicted octanol–water partition coefficient (Wildman–Crippen LogP) is 4.09. The Labute approximate surface area is 183 Å². The highest BCUT2D eigenvalue weighted by atomic mass is 79.9. The second-order valence-corrected chi connectivity index (χ2v) is 7.43. The molecule has 154 valence electrons. The van der Waals surface area contributed by atoms with E-state index in [2.05, 4.69) is 26.0 Å². The van der Waals surface area contributed by atoms with Gasteiger partial charge in [0.2, 0.25) is 5.75 Å². The summed E-state index contributed by atoms with van der Waals surface area (Å²) in [7, 11) is 0. The van der Waals surface area contributed by atoms with Gasteiger partial charge in [0, 0.05) is 29.4 Å². The summed E-state index contributed by atoms with van der Waals surface area (Å²) in [5.41, 5.74) is -0.101. The maximum atomic E-state index is 12.9. The van der Waals surface area contributed by atoms with Crippen LogP contribution in [0.15, 0.2) is 44.7 Å². The van der Waals surface area contributed by atoms with Crippen LogP contribution in [-0.2, 0) is 11.2 Å². The fourth-order valence-corrected chi connectivity index (χ4v) is 3.34. The molecule has 0 aliphatic carbocycles. The monoisotopic (exact) mass is 492 g/mol. The maximum Gasteiger partial charge on any atom is 0.313 e. The third-order valence-electron chi connectivity index (χ3n) is 4.00. The van der Waals surface area contributed by atoms with E-state index in [-0.39, 0.29) is 21.9 Å². The largest absolute Gasteiger partial charge is 0.418 e. The molecular weight excluding hydrogens is 480 g/mol. The number of hydrogen-bond donors (Lipinski definition) is 0. The summed E-state index contributed by atoms with van der Waals surface area (Å²) in [6, 6.07) is 7.65. The molecule has 0 fully saturated rings. The van der Waals surface area contributed by atoms with E-state index in [4.69, 9.17) is 16.3 Å². The van der Waals surface area contributed by atoms with E-state index in [1.807, 2.05) is 6.92 Å². The van der Waals surface area contributed by atoms with Crippen molar-refractivity contribution in [3.05, 3.63) is 71.7 Å². The minimum atomic E-state index is -0.742. The number of ether oxygens (including phenoxy) is 1. The number of carbonyl (C=O) groups is 1. The van der Waals surface area contributed by atoms with Crippen molar-refractivity contribution in [1.29, 1.82) is 0 Å². The molecule has 9 nitrogen and oxygen atoms in total. The summed E-state index contributed by atoms with van der Waals surface area (Å²) in [6.07, 6.45) is 1.69. The van der Waals surface area contributed by atoms with Gasteiger partial charge >= 0.3 is 11.7 Å². The minimum Gasteiger partial charge on any atom is -0.418 e. The van der Waals surface area contributed by atoms with Crippen LogP contribution in [0.25, 0.3) is 10.9 Å². The molecule has 0 aliphatic rings. The summed E-state index contributed by atoms with van der Waals surface area (Å²) >= 11 is 9.39. The van der Waals surface area contributed by atoms with Gasteiger partial charge in [0.25, 0.3) is 5.56 Å². The van der Waals surface area contributed by atoms with E-state index >= 15 is 0 Å². The van der Waals surface area contributed by atoms with Gasteiger partial charge in [0.1, 0.15) is 5.82 Å². The first-order valence-corrected chi connectivity index (χ1v) is 9.80. The molecule has 0 spiro atoms. The van der Waals surface area contributed by atoms with E-state index < -0.39 is 16.6 Å². The highest BCUT2D eigenvalue weighted by Gasteiger charge is 2.22. The summed E-state index contributed by atoms with van der Waals surface area (Å²) in [5, 5.41) is 15.8. The van der Waals surface area contributed by atoms with Crippen LogP contribution in [0.4, 0.5) is 5.69 Å². The molecule has 3 aromatic rings. The van der Waals surface area contributed by atoms with Crippen molar-refractivity contribution < 1.29 is 14.5 Å². The lowest BCUT2D eigenvalue weighted by atomic mass is 10.2. The number of hydrogen-bond acceptors (Lipinski definition) is 7. The first-order chi connectivity index (χ1) is 14.2. The number of nitro benzene ring substituents is 1. The average molecular weight is 494 g/mol. The summed E-state index contributed by atoms with van der Waals surface area (Å²) in [6.45, 7) is 2.94. The Morgan fingerprint density at radius 1 is 1.40 bits per heavy atom. The number of nitrogens with zero attached hydrogens (tertiary/aromatic N) is 4. The Kier molecular flexibility index (Phi) is 6.28. The zero-order valence-corrected chi connectivity index (χ0v) is 18.1. The number of carbonyl (C=O) groups excluding carboxylic acids is 1. The minimum absolute atomic E-state index is 0.135. The molecule has 11 heteroatoms. The third-order valence-corrected chi connectivity index (χ3v) is 4.78. The predicted molar refractivity (Wildman–Crippen MR) is 115 cm³/mol. The van der Waals surface area contributed by atoms with Crippen molar-refractivity contribution in [2.45, 2.75) is 20.3 Å².